The fourth-order valence-electron chi connectivity index (χ4n) is 3.35. The summed E-state index contributed by atoms with van der Waals surface area (Å²) < 4.78 is 44.2. The number of nitrogens with one attached hydrogen (secondary N) is 2. The van der Waals surface area contributed by atoms with Crippen molar-refractivity contribution in [2.45, 2.75) is 25.4 Å². The van der Waals surface area contributed by atoms with Crippen LogP contribution in [0.1, 0.15) is 23.1 Å². The minimum Gasteiger partial charge on any atom is -0.437 e. The third kappa shape index (κ3) is 4.53. The lowest BCUT2D eigenvalue weighted by Gasteiger charge is -2.13. The lowest BCUT2D eigenvalue weighted by Crippen LogP contribution is -2.20. The molecular formula is C22H18F3N3O2. The number of aromatic nitrogens is 1. The minimum atomic E-state index is -4.49. The lowest BCUT2D eigenvalue weighted by molar-refractivity contribution is -0.137. The lowest BCUT2D eigenvalue weighted by atomic mass is 10.1. The molecule has 3 aromatic rings. The maximum atomic E-state index is 12.9. The summed E-state index contributed by atoms with van der Waals surface area (Å²) in [4.78, 5) is 16.4. The molecule has 0 saturated carbocycles. The molecule has 0 atom stereocenters. The van der Waals surface area contributed by atoms with Gasteiger partial charge in [-0.15, -0.1) is 0 Å². The molecule has 0 aliphatic heterocycles. The van der Waals surface area contributed by atoms with Gasteiger partial charge in [-0.3, -0.25) is 0 Å². The second-order valence-electron chi connectivity index (χ2n) is 6.90. The molecule has 0 radical (unpaired) electrons. The SMILES string of the molecule is O=C(Nc1ccc2c(c1)CCC2)Nc1cccnc1Oc1cccc(C(F)(F)F)c1. The van der Waals surface area contributed by atoms with Crippen LogP contribution in [0.25, 0.3) is 0 Å². The van der Waals surface area contributed by atoms with Crippen LogP contribution in [-0.4, -0.2) is 11.0 Å². The van der Waals surface area contributed by atoms with Gasteiger partial charge in [-0.1, -0.05) is 12.1 Å². The summed E-state index contributed by atoms with van der Waals surface area (Å²) in [5, 5.41) is 5.39. The molecule has 0 spiro atoms. The number of pyridine rings is 1. The van der Waals surface area contributed by atoms with E-state index >= 15 is 0 Å². The summed E-state index contributed by atoms with van der Waals surface area (Å²) in [6.07, 6.45) is 0.0849. The van der Waals surface area contributed by atoms with Gasteiger partial charge in [0.2, 0.25) is 5.88 Å². The fraction of sp³-hybridized carbons (Fsp3) is 0.182. The van der Waals surface area contributed by atoms with E-state index in [1.54, 1.807) is 12.1 Å². The van der Waals surface area contributed by atoms with E-state index in [2.05, 4.69) is 15.6 Å². The fourth-order valence-corrected chi connectivity index (χ4v) is 3.35. The summed E-state index contributed by atoms with van der Waals surface area (Å²) in [7, 11) is 0. The summed E-state index contributed by atoms with van der Waals surface area (Å²) >= 11 is 0. The number of ether oxygens (including phenoxy) is 1. The Labute approximate surface area is 170 Å². The molecule has 1 heterocycles. The molecule has 154 valence electrons. The zero-order valence-corrected chi connectivity index (χ0v) is 15.8. The molecular weight excluding hydrogens is 395 g/mol. The molecule has 0 fully saturated rings. The number of carbonyl (C=O) groups excluding carboxylic acids is 1. The topological polar surface area (TPSA) is 63.2 Å². The quantitative estimate of drug-likeness (QED) is 0.549. The van der Waals surface area contributed by atoms with Gasteiger partial charge in [-0.05, 0) is 72.9 Å². The summed E-state index contributed by atoms with van der Waals surface area (Å²) in [5.74, 6) is -0.0495. The number of amides is 2. The highest BCUT2D eigenvalue weighted by Gasteiger charge is 2.30. The van der Waals surface area contributed by atoms with Crippen molar-refractivity contribution in [3.05, 3.63) is 77.5 Å². The molecule has 30 heavy (non-hydrogen) atoms. The zero-order chi connectivity index (χ0) is 21.1. The Balaban J connectivity index is 1.47. The first-order valence-electron chi connectivity index (χ1n) is 9.38. The van der Waals surface area contributed by atoms with Crippen molar-refractivity contribution in [2.75, 3.05) is 10.6 Å². The predicted molar refractivity (Wildman–Crippen MR) is 107 cm³/mol. The third-order valence-corrected chi connectivity index (χ3v) is 4.75. The Morgan fingerprint density at radius 3 is 2.63 bits per heavy atom. The number of aryl methyl sites for hydroxylation is 2. The van der Waals surface area contributed by atoms with E-state index in [-0.39, 0.29) is 17.3 Å². The minimum absolute atomic E-state index is 0.0130. The Kier molecular flexibility index (Phi) is 5.31. The average molecular weight is 413 g/mol. The molecule has 5 nitrogen and oxygen atoms in total. The first kappa shape index (κ1) is 19.8. The number of hydrogen-bond acceptors (Lipinski definition) is 3. The van der Waals surface area contributed by atoms with Gasteiger partial charge >= 0.3 is 12.2 Å². The molecule has 4 rings (SSSR count). The Hall–Kier alpha value is -3.55. The van der Waals surface area contributed by atoms with E-state index in [0.717, 1.165) is 31.4 Å². The monoisotopic (exact) mass is 413 g/mol. The van der Waals surface area contributed by atoms with Crippen LogP contribution in [-0.2, 0) is 19.0 Å². The first-order valence-corrected chi connectivity index (χ1v) is 9.38. The molecule has 1 aromatic heterocycles. The van der Waals surface area contributed by atoms with E-state index in [1.807, 2.05) is 18.2 Å². The van der Waals surface area contributed by atoms with E-state index in [9.17, 15) is 18.0 Å². The molecule has 2 amide bonds. The predicted octanol–water partition coefficient (Wildman–Crippen LogP) is 6.03. The van der Waals surface area contributed by atoms with E-state index in [0.29, 0.717) is 5.69 Å². The molecule has 0 unspecified atom stereocenters. The summed E-state index contributed by atoms with van der Waals surface area (Å²) in [6.45, 7) is 0. The number of fused-ring (bicyclic) bond motifs is 1. The second kappa shape index (κ2) is 8.06. The van der Waals surface area contributed by atoms with Gasteiger partial charge in [0.15, 0.2) is 0 Å². The summed E-state index contributed by atoms with van der Waals surface area (Å²) in [6, 6.07) is 12.9. The largest absolute Gasteiger partial charge is 0.437 e. The molecule has 1 aliphatic carbocycles. The molecule has 0 saturated heterocycles. The maximum absolute atomic E-state index is 12.9. The van der Waals surface area contributed by atoms with Crippen LogP contribution in [0.3, 0.4) is 0 Å². The Bertz CT molecular complexity index is 1080. The normalized spacial score (nSPS) is 12.9. The van der Waals surface area contributed by atoms with Crippen LogP contribution in [0.4, 0.5) is 29.3 Å². The van der Waals surface area contributed by atoms with Crippen molar-refractivity contribution in [1.29, 1.82) is 0 Å². The van der Waals surface area contributed by atoms with Gasteiger partial charge in [-0.25, -0.2) is 9.78 Å². The van der Waals surface area contributed by atoms with Crippen LogP contribution < -0.4 is 15.4 Å². The number of carbonyl (C=O) groups is 1. The number of halogens is 3. The molecule has 2 aromatic carbocycles. The number of urea groups is 1. The number of benzene rings is 2. The van der Waals surface area contributed by atoms with Gasteiger partial charge in [0.05, 0.1) is 5.56 Å². The van der Waals surface area contributed by atoms with E-state index in [1.165, 1.54) is 29.5 Å². The first-order chi connectivity index (χ1) is 14.4. The zero-order valence-electron chi connectivity index (χ0n) is 15.8. The van der Waals surface area contributed by atoms with Crippen molar-refractivity contribution in [3.63, 3.8) is 0 Å². The maximum Gasteiger partial charge on any atom is 0.416 e. The average Bonchev–Trinajstić information content (AvgIpc) is 3.17. The molecule has 1 aliphatic rings. The Morgan fingerprint density at radius 2 is 1.80 bits per heavy atom. The highest BCUT2D eigenvalue weighted by molar-refractivity contribution is 6.00. The highest BCUT2D eigenvalue weighted by atomic mass is 19.4. The Morgan fingerprint density at radius 1 is 0.967 bits per heavy atom. The smallest absolute Gasteiger partial charge is 0.416 e. The van der Waals surface area contributed by atoms with Crippen LogP contribution in [0.2, 0.25) is 0 Å². The summed E-state index contributed by atoms with van der Waals surface area (Å²) in [5.41, 5.74) is 2.58. The number of rotatable bonds is 4. The van der Waals surface area contributed by atoms with E-state index in [4.69, 9.17) is 4.74 Å². The van der Waals surface area contributed by atoms with Crippen molar-refractivity contribution in [3.8, 4) is 11.6 Å². The number of hydrogen-bond donors (Lipinski definition) is 2. The number of alkyl halides is 3. The van der Waals surface area contributed by atoms with Gasteiger partial charge in [0, 0.05) is 11.9 Å². The molecule has 8 heteroatoms. The van der Waals surface area contributed by atoms with Gasteiger partial charge in [-0.2, -0.15) is 13.2 Å². The van der Waals surface area contributed by atoms with Crippen molar-refractivity contribution < 1.29 is 22.7 Å². The third-order valence-electron chi connectivity index (χ3n) is 4.75. The van der Waals surface area contributed by atoms with Crippen LogP contribution >= 0.6 is 0 Å². The van der Waals surface area contributed by atoms with Gasteiger partial charge in [0.25, 0.3) is 0 Å². The molecule has 2 N–H and O–H groups in total. The highest BCUT2D eigenvalue weighted by Crippen LogP contribution is 2.34. The van der Waals surface area contributed by atoms with Crippen LogP contribution in [0.5, 0.6) is 11.6 Å². The standard InChI is InChI=1S/C22H18F3N3O2/c23-22(24,25)16-6-2-7-18(13-16)30-20-19(8-3-11-26-20)28-21(29)27-17-10-9-14-4-1-5-15(14)12-17/h2-3,6-13H,1,4-5H2,(H2,27,28,29). The van der Waals surface area contributed by atoms with E-state index < -0.39 is 17.8 Å². The number of nitrogens with zero attached hydrogens (tertiary/aromatic N) is 1. The van der Waals surface area contributed by atoms with Crippen molar-refractivity contribution in [2.24, 2.45) is 0 Å². The van der Waals surface area contributed by atoms with Gasteiger partial charge in [0.1, 0.15) is 11.4 Å². The number of anilines is 2. The van der Waals surface area contributed by atoms with Gasteiger partial charge < -0.3 is 15.4 Å². The van der Waals surface area contributed by atoms with Crippen LogP contribution in [0.15, 0.2) is 60.8 Å². The second-order valence-corrected chi connectivity index (χ2v) is 6.90. The van der Waals surface area contributed by atoms with Crippen molar-refractivity contribution in [1.82, 2.24) is 4.98 Å². The van der Waals surface area contributed by atoms with Crippen LogP contribution in [0, 0.1) is 0 Å². The van der Waals surface area contributed by atoms with Crippen molar-refractivity contribution >= 4 is 17.4 Å². The molecule has 0 bridgehead atoms.